The first-order valence-corrected chi connectivity index (χ1v) is 22.5. The molecule has 0 fully saturated rings. The number of hydrogen-bond acceptors (Lipinski definition) is 4. The van der Waals surface area contributed by atoms with Crippen molar-refractivity contribution in [3.8, 4) is 21.6 Å². The van der Waals surface area contributed by atoms with Crippen molar-refractivity contribution in [1.82, 2.24) is 0 Å². The van der Waals surface area contributed by atoms with E-state index in [9.17, 15) is 14.5 Å². The Morgan fingerprint density at radius 2 is 1.12 bits per heavy atom. The number of aryl methyl sites for hydroxylation is 1. The molecule has 2 aliphatic heterocycles. The van der Waals surface area contributed by atoms with Crippen LogP contribution in [-0.2, 0) is 10.8 Å². The molecule has 2 nitrogen and oxygen atoms in total. The quantitative estimate of drug-likeness (QED) is 0.0751. The average Bonchev–Trinajstić information content (AvgIpc) is 3.92. The third kappa shape index (κ3) is 6.46. The van der Waals surface area contributed by atoms with Crippen LogP contribution in [0.5, 0.6) is 0 Å². The first kappa shape index (κ1) is 32.4. The van der Waals surface area contributed by atoms with Gasteiger partial charge in [-0.25, -0.2) is 22.0 Å². The first-order valence-electron chi connectivity index (χ1n) is 25.4. The summed E-state index contributed by atoms with van der Waals surface area (Å²) in [4.78, 5) is 3.96. The molecular formula is C55H42BF5N2S2. The zero-order chi connectivity index (χ0) is 53.2. The maximum atomic E-state index is 15.4. The molecule has 10 heteroatoms. The van der Waals surface area contributed by atoms with Crippen molar-refractivity contribution in [2.75, 3.05) is 9.80 Å². The van der Waals surface area contributed by atoms with E-state index < -0.39 is 78.4 Å². The van der Waals surface area contributed by atoms with Gasteiger partial charge < -0.3 is 9.80 Å². The Hall–Kier alpha value is -6.23. The van der Waals surface area contributed by atoms with Crippen LogP contribution < -0.4 is 26.2 Å². The van der Waals surface area contributed by atoms with Crippen LogP contribution in [0.2, 0.25) is 0 Å². The molecule has 0 saturated carbocycles. The standard InChI is InChI=1S/C55H42BF5N2S2/c1-29-23-41-47-42(24-29)63(35-20-16-33(17-21-35)55(5,6)7)53-39(28-44(65-53)30-11-9-8-10-12-30)56(47)38-27-45-37(26-40(38)62(41)34-18-14-32(15-19-34)54(2,3)4)36-25-31(13-22-43(36)64-45)46-48(57)50(59)52(61)51(60)49(46)58/h8-28H,1-7H3/i1D3,8D,9D,10D,11D,12D,28D. The largest absolute Gasteiger partial charge is 0.311 e. The SMILES string of the molecule is [2H]c1c([2H])c([2H])c(-c2sc3c(c2[2H])B2c4cc5sc6ccc(-c7c(F)c(F)c(F)c(F)c7F)cc6c5cc4N(c4ccc(C(C)(C)C)cc4)c4cc(C([2H])([2H])[2H])cc(c42)N3c2ccc(C(C)(C)C)cc2)c([2H])c1[2H]. The van der Waals surface area contributed by atoms with Gasteiger partial charge in [-0.3, -0.25) is 0 Å². The number of anilines is 6. The van der Waals surface area contributed by atoms with Crippen LogP contribution in [0.15, 0.2) is 127 Å². The lowest BCUT2D eigenvalue weighted by Crippen LogP contribution is -2.60. The minimum absolute atomic E-state index is 0.00691. The Labute approximate surface area is 396 Å². The monoisotopic (exact) mass is 909 g/mol. The summed E-state index contributed by atoms with van der Waals surface area (Å²) < 4.78 is 156. The summed E-state index contributed by atoms with van der Waals surface area (Å²) in [6.07, 6.45) is 0. The lowest BCUT2D eigenvalue weighted by molar-refractivity contribution is 0.381. The molecule has 0 unspecified atom stereocenters. The summed E-state index contributed by atoms with van der Waals surface area (Å²) in [6.45, 7) is 8.99. The van der Waals surface area contributed by atoms with Crippen molar-refractivity contribution in [3.63, 3.8) is 0 Å². The van der Waals surface area contributed by atoms with Gasteiger partial charge in [-0.15, -0.1) is 22.7 Å². The lowest BCUT2D eigenvalue weighted by Gasteiger charge is -2.43. The highest BCUT2D eigenvalue weighted by molar-refractivity contribution is 7.26. The van der Waals surface area contributed by atoms with Gasteiger partial charge in [-0.2, -0.15) is 0 Å². The fourth-order valence-corrected chi connectivity index (χ4v) is 11.4. The number of hydrogen-bond donors (Lipinski definition) is 0. The summed E-state index contributed by atoms with van der Waals surface area (Å²) in [7, 11) is 0. The molecule has 11 rings (SSSR count). The van der Waals surface area contributed by atoms with Gasteiger partial charge in [0.1, 0.15) is 0 Å². The van der Waals surface area contributed by atoms with Gasteiger partial charge in [0, 0.05) is 57.6 Å². The van der Waals surface area contributed by atoms with E-state index in [1.165, 1.54) is 23.5 Å². The number of thiophene rings is 2. The first-order chi connectivity index (χ1) is 34.7. The number of halogens is 5. The summed E-state index contributed by atoms with van der Waals surface area (Å²) in [5.41, 5.74) is 4.48. The van der Waals surface area contributed by atoms with Crippen molar-refractivity contribution < 1.29 is 34.3 Å². The summed E-state index contributed by atoms with van der Waals surface area (Å²) in [6, 6.07) is 24.2. The van der Waals surface area contributed by atoms with E-state index in [1.54, 1.807) is 18.2 Å². The van der Waals surface area contributed by atoms with Crippen LogP contribution in [0.4, 0.5) is 55.4 Å². The normalized spacial score (nSPS) is 15.6. The predicted molar refractivity (Wildman–Crippen MR) is 264 cm³/mol. The molecule has 0 N–H and O–H groups in total. The van der Waals surface area contributed by atoms with Gasteiger partial charge in [0.2, 0.25) is 5.82 Å². The zero-order valence-electron chi connectivity index (χ0n) is 44.8. The highest BCUT2D eigenvalue weighted by atomic mass is 32.1. The van der Waals surface area contributed by atoms with Gasteiger partial charge in [0.25, 0.3) is 6.71 Å². The van der Waals surface area contributed by atoms with E-state index in [1.807, 2.05) is 70.5 Å². The van der Waals surface area contributed by atoms with Gasteiger partial charge >= 0.3 is 0 Å². The van der Waals surface area contributed by atoms with Gasteiger partial charge in [0.05, 0.1) is 18.8 Å². The highest BCUT2D eigenvalue weighted by Crippen LogP contribution is 2.50. The Kier molecular flexibility index (Phi) is 7.31. The van der Waals surface area contributed by atoms with Gasteiger partial charge in [0.15, 0.2) is 23.3 Å². The van der Waals surface area contributed by atoms with Crippen LogP contribution in [-0.4, -0.2) is 6.71 Å². The van der Waals surface area contributed by atoms with Crippen LogP contribution in [0.1, 0.15) is 70.6 Å². The molecular weight excluding hydrogens is 859 g/mol. The molecule has 9 aromatic rings. The summed E-state index contributed by atoms with van der Waals surface area (Å²) in [5.74, 6) is -10.4. The maximum Gasteiger partial charge on any atom is 0.253 e. The third-order valence-corrected chi connectivity index (χ3v) is 14.7. The van der Waals surface area contributed by atoms with E-state index >= 15 is 8.78 Å². The zero-order valence-corrected chi connectivity index (χ0v) is 37.5. The van der Waals surface area contributed by atoms with E-state index in [0.29, 0.717) is 70.0 Å². The smallest absolute Gasteiger partial charge is 0.253 e. The second-order valence-corrected chi connectivity index (χ2v) is 20.6. The molecule has 0 atom stereocenters. The molecule has 2 aromatic heterocycles. The average molecular weight is 910 g/mol. The van der Waals surface area contributed by atoms with Gasteiger partial charge in [-0.05, 0) is 129 Å². The molecule has 0 radical (unpaired) electrons. The number of fused-ring (bicyclic) bond motifs is 7. The van der Waals surface area contributed by atoms with E-state index in [0.717, 1.165) is 22.5 Å². The number of nitrogens with zero attached hydrogens (tertiary/aromatic N) is 2. The summed E-state index contributed by atoms with van der Waals surface area (Å²) in [5, 5.41) is 1.45. The fourth-order valence-electron chi connectivity index (χ4n) is 9.20. The molecule has 0 spiro atoms. The molecule has 0 saturated heterocycles. The van der Waals surface area contributed by atoms with Crippen molar-refractivity contribution in [3.05, 3.63) is 173 Å². The van der Waals surface area contributed by atoms with Crippen LogP contribution in [0, 0.1) is 35.9 Å². The predicted octanol–water partition coefficient (Wildman–Crippen LogP) is 15.1. The molecule has 2 aliphatic rings. The van der Waals surface area contributed by atoms with Crippen molar-refractivity contribution in [1.29, 1.82) is 0 Å². The highest BCUT2D eigenvalue weighted by Gasteiger charge is 2.45. The summed E-state index contributed by atoms with van der Waals surface area (Å²) >= 11 is 2.40. The third-order valence-electron chi connectivity index (χ3n) is 12.5. The van der Waals surface area contributed by atoms with E-state index in [2.05, 4.69) is 41.5 Å². The molecule has 4 heterocycles. The molecule has 65 heavy (non-hydrogen) atoms. The minimum Gasteiger partial charge on any atom is -0.311 e. The number of rotatable bonds is 4. The van der Waals surface area contributed by atoms with Crippen LogP contribution in [0.25, 0.3) is 41.7 Å². The molecule has 0 bridgehead atoms. The molecule has 0 aliphatic carbocycles. The van der Waals surface area contributed by atoms with E-state index in [-0.39, 0.29) is 38.4 Å². The van der Waals surface area contributed by atoms with Crippen LogP contribution in [0.3, 0.4) is 0 Å². The second-order valence-electron chi connectivity index (χ2n) is 18.6. The van der Waals surface area contributed by atoms with Crippen molar-refractivity contribution >= 4 is 99.4 Å². The topological polar surface area (TPSA) is 6.48 Å². The van der Waals surface area contributed by atoms with Crippen LogP contribution >= 0.6 is 22.7 Å². The second kappa shape index (κ2) is 14.6. The van der Waals surface area contributed by atoms with E-state index in [4.69, 9.17) is 11.0 Å². The number of benzene rings is 7. The molecule has 7 aromatic carbocycles. The lowest BCUT2D eigenvalue weighted by atomic mass is 9.34. The fraction of sp³-hybridized carbons (Fsp3) is 0.164. The Morgan fingerprint density at radius 3 is 1.72 bits per heavy atom. The van der Waals surface area contributed by atoms with Crippen molar-refractivity contribution in [2.24, 2.45) is 0 Å². The minimum atomic E-state index is -2.66. The Morgan fingerprint density at radius 1 is 0.554 bits per heavy atom. The van der Waals surface area contributed by atoms with Gasteiger partial charge in [-0.1, -0.05) is 102 Å². The molecule has 322 valence electrons. The molecule has 0 amide bonds. The van der Waals surface area contributed by atoms with Crippen molar-refractivity contribution in [2.45, 2.75) is 59.2 Å². The Balaban J connectivity index is 1.27. The maximum absolute atomic E-state index is 15.4. The Bertz CT molecular complexity index is 3840.